The highest BCUT2D eigenvalue weighted by Crippen LogP contribution is 2.14. The van der Waals surface area contributed by atoms with E-state index in [1.54, 1.807) is 7.05 Å². The van der Waals surface area contributed by atoms with Crippen LogP contribution in [0, 0.1) is 0 Å². The van der Waals surface area contributed by atoms with E-state index >= 15 is 0 Å². The first kappa shape index (κ1) is 15.9. The van der Waals surface area contributed by atoms with Crippen LogP contribution in [-0.4, -0.2) is 54.5 Å². The van der Waals surface area contributed by atoms with Crippen LogP contribution in [0.3, 0.4) is 0 Å². The summed E-state index contributed by atoms with van der Waals surface area (Å²) in [5, 5.41) is 10.6. The normalized spacial score (nSPS) is 10.7. The van der Waals surface area contributed by atoms with Crippen LogP contribution in [0.25, 0.3) is 5.95 Å². The van der Waals surface area contributed by atoms with Crippen LogP contribution in [-0.2, 0) is 4.79 Å². The average Bonchev–Trinajstić information content (AvgIpc) is 2.93. The Kier molecular flexibility index (Phi) is 5.09. The predicted octanol–water partition coefficient (Wildman–Crippen LogP) is -0.108. The van der Waals surface area contributed by atoms with Crippen molar-refractivity contribution in [2.24, 2.45) is 5.73 Å². The average molecular weight is 323 g/mol. The number of hydrogen-bond acceptors (Lipinski definition) is 9. The van der Waals surface area contributed by atoms with Crippen molar-refractivity contribution in [2.75, 3.05) is 23.4 Å². The third-order valence-corrected chi connectivity index (χ3v) is 3.16. The van der Waals surface area contributed by atoms with E-state index in [9.17, 15) is 4.79 Å². The number of primary amides is 1. The minimum absolute atomic E-state index is 0.114. The Labute approximate surface area is 131 Å². The van der Waals surface area contributed by atoms with Crippen LogP contribution in [0.4, 0.5) is 11.9 Å². The van der Waals surface area contributed by atoms with Gasteiger partial charge >= 0.3 is 0 Å². The van der Waals surface area contributed by atoms with Crippen molar-refractivity contribution in [1.29, 1.82) is 0 Å². The number of nitrogens with one attached hydrogen (secondary N) is 2. The summed E-state index contributed by atoms with van der Waals surface area (Å²) in [5.41, 5.74) is 5.09. The number of anilines is 2. The number of carbonyl (C=O) groups excluding carboxylic acids is 1. The molecule has 0 aliphatic carbocycles. The van der Waals surface area contributed by atoms with Gasteiger partial charge in [-0.2, -0.15) is 19.6 Å². The Bertz CT molecular complexity index is 657. The van der Waals surface area contributed by atoms with E-state index in [1.807, 2.05) is 13.8 Å². The second kappa shape index (κ2) is 7.02. The van der Waals surface area contributed by atoms with Gasteiger partial charge in [-0.25, -0.2) is 4.98 Å². The van der Waals surface area contributed by atoms with Gasteiger partial charge in [-0.3, -0.25) is 4.79 Å². The molecule has 10 nitrogen and oxygen atoms in total. The topological polar surface area (TPSA) is 137 Å². The molecule has 0 radical (unpaired) electrons. The molecule has 2 heterocycles. The van der Waals surface area contributed by atoms with Crippen molar-refractivity contribution in [2.45, 2.75) is 25.0 Å². The van der Waals surface area contributed by atoms with E-state index in [4.69, 9.17) is 5.73 Å². The highest BCUT2D eigenvalue weighted by atomic mass is 32.2. The zero-order valence-electron chi connectivity index (χ0n) is 12.4. The summed E-state index contributed by atoms with van der Waals surface area (Å²) in [6.07, 6.45) is 1.47. The van der Waals surface area contributed by atoms with Crippen LogP contribution < -0.4 is 16.4 Å². The Morgan fingerprint density at radius 3 is 2.73 bits per heavy atom. The fraction of sp³-hybridized carbons (Fsp3) is 0.455. The maximum Gasteiger partial charge on any atom is 0.258 e. The molecule has 0 saturated carbocycles. The minimum atomic E-state index is -0.428. The van der Waals surface area contributed by atoms with Gasteiger partial charge in [-0.05, 0) is 13.8 Å². The summed E-state index contributed by atoms with van der Waals surface area (Å²) in [7, 11) is 1.72. The van der Waals surface area contributed by atoms with Gasteiger partial charge < -0.3 is 16.4 Å². The van der Waals surface area contributed by atoms with Crippen molar-refractivity contribution in [3.63, 3.8) is 0 Å². The second-order valence-corrected chi connectivity index (χ2v) is 5.50. The van der Waals surface area contributed by atoms with Crippen molar-refractivity contribution in [3.05, 3.63) is 6.33 Å². The molecule has 11 heteroatoms. The molecule has 0 aromatic carbocycles. The summed E-state index contributed by atoms with van der Waals surface area (Å²) in [4.78, 5) is 27.6. The predicted molar refractivity (Wildman–Crippen MR) is 83.0 cm³/mol. The molecule has 1 amide bonds. The van der Waals surface area contributed by atoms with Crippen LogP contribution in [0.15, 0.2) is 11.5 Å². The molecular formula is C11H17N9OS. The highest BCUT2D eigenvalue weighted by Gasteiger charge is 2.11. The molecule has 4 N–H and O–H groups in total. The lowest BCUT2D eigenvalue weighted by Crippen LogP contribution is -2.16. The molecule has 0 unspecified atom stereocenters. The van der Waals surface area contributed by atoms with Gasteiger partial charge in [-0.1, -0.05) is 11.8 Å². The molecule has 0 atom stereocenters. The summed E-state index contributed by atoms with van der Waals surface area (Å²) in [5.74, 6) is 0.855. The number of rotatable bonds is 7. The standard InChI is InChI=1S/C11H17N9OS/c1-6(2)15-9-16-8(13-3)17-10(18-9)20-5-14-11(19-20)22-4-7(12)21/h5-6H,4H2,1-3H3,(H2,12,21)(H2,13,15,16,17,18). The number of thioether (sulfide) groups is 1. The fourth-order valence-corrected chi connectivity index (χ4v) is 1.99. The third-order valence-electron chi connectivity index (χ3n) is 2.28. The summed E-state index contributed by atoms with van der Waals surface area (Å²) >= 11 is 1.15. The van der Waals surface area contributed by atoms with Gasteiger partial charge in [0.25, 0.3) is 5.95 Å². The molecule has 0 fully saturated rings. The first-order chi connectivity index (χ1) is 10.5. The molecule has 2 aromatic rings. The van der Waals surface area contributed by atoms with Crippen molar-refractivity contribution in [3.8, 4) is 5.95 Å². The largest absolute Gasteiger partial charge is 0.369 e. The Balaban J connectivity index is 2.25. The first-order valence-electron chi connectivity index (χ1n) is 6.51. The number of aromatic nitrogens is 6. The molecule has 0 aliphatic rings. The van der Waals surface area contributed by atoms with Gasteiger partial charge in [-0.15, -0.1) is 5.10 Å². The van der Waals surface area contributed by atoms with E-state index in [-0.39, 0.29) is 11.8 Å². The molecule has 2 aromatic heterocycles. The molecule has 0 bridgehead atoms. The van der Waals surface area contributed by atoms with Gasteiger partial charge in [0, 0.05) is 13.1 Å². The molecule has 22 heavy (non-hydrogen) atoms. The fourth-order valence-electron chi connectivity index (χ4n) is 1.45. The number of nitrogens with two attached hydrogens (primary N) is 1. The van der Waals surface area contributed by atoms with Crippen molar-refractivity contribution in [1.82, 2.24) is 29.7 Å². The Hall–Kier alpha value is -2.43. The summed E-state index contributed by atoms with van der Waals surface area (Å²) in [6, 6.07) is 0.178. The SMILES string of the molecule is CNc1nc(NC(C)C)nc(-n2cnc(SCC(N)=O)n2)n1. The van der Waals surface area contributed by atoms with Gasteiger partial charge in [0.2, 0.25) is 23.0 Å². The number of carbonyl (C=O) groups is 1. The monoisotopic (exact) mass is 323 g/mol. The summed E-state index contributed by atoms with van der Waals surface area (Å²) < 4.78 is 1.41. The maximum absolute atomic E-state index is 10.8. The van der Waals surface area contributed by atoms with Crippen LogP contribution in [0.2, 0.25) is 0 Å². The van der Waals surface area contributed by atoms with Crippen molar-refractivity contribution >= 4 is 29.6 Å². The van der Waals surface area contributed by atoms with Crippen LogP contribution in [0.5, 0.6) is 0 Å². The van der Waals surface area contributed by atoms with Crippen LogP contribution in [0.1, 0.15) is 13.8 Å². The maximum atomic E-state index is 10.8. The van der Waals surface area contributed by atoms with E-state index in [0.717, 1.165) is 11.8 Å². The van der Waals surface area contributed by atoms with Crippen LogP contribution >= 0.6 is 11.8 Å². The van der Waals surface area contributed by atoms with Crippen molar-refractivity contribution < 1.29 is 4.79 Å². The van der Waals surface area contributed by atoms with Gasteiger partial charge in [0.15, 0.2) is 0 Å². The number of hydrogen-bond donors (Lipinski definition) is 3. The highest BCUT2D eigenvalue weighted by molar-refractivity contribution is 7.99. The van der Waals surface area contributed by atoms with E-state index in [1.165, 1.54) is 11.0 Å². The molecule has 0 spiro atoms. The zero-order valence-corrected chi connectivity index (χ0v) is 13.3. The Morgan fingerprint density at radius 2 is 2.09 bits per heavy atom. The molecule has 2 rings (SSSR count). The van der Waals surface area contributed by atoms with E-state index in [2.05, 4.69) is 35.7 Å². The number of amides is 1. The quantitative estimate of drug-likeness (QED) is 0.596. The molecule has 0 aliphatic heterocycles. The lowest BCUT2D eigenvalue weighted by Gasteiger charge is -2.10. The lowest BCUT2D eigenvalue weighted by molar-refractivity contribution is -0.115. The Morgan fingerprint density at radius 1 is 1.36 bits per heavy atom. The van der Waals surface area contributed by atoms with Gasteiger partial charge in [0.1, 0.15) is 6.33 Å². The first-order valence-corrected chi connectivity index (χ1v) is 7.50. The lowest BCUT2D eigenvalue weighted by atomic mass is 10.4. The molecule has 118 valence electrons. The van der Waals surface area contributed by atoms with E-state index < -0.39 is 5.91 Å². The number of nitrogens with zero attached hydrogens (tertiary/aromatic N) is 6. The van der Waals surface area contributed by atoms with Gasteiger partial charge in [0.05, 0.1) is 5.75 Å². The minimum Gasteiger partial charge on any atom is -0.369 e. The molecule has 0 saturated heterocycles. The smallest absolute Gasteiger partial charge is 0.258 e. The molecular weight excluding hydrogens is 306 g/mol. The second-order valence-electron chi connectivity index (χ2n) is 4.56. The third kappa shape index (κ3) is 4.28. The summed E-state index contributed by atoms with van der Waals surface area (Å²) in [6.45, 7) is 3.97. The van der Waals surface area contributed by atoms with E-state index in [0.29, 0.717) is 23.0 Å². The zero-order chi connectivity index (χ0) is 16.1.